The average molecular weight is 530 g/mol. The van der Waals surface area contributed by atoms with Gasteiger partial charge in [0.05, 0.1) is 12.2 Å². The second-order valence-corrected chi connectivity index (χ2v) is 10.7. The van der Waals surface area contributed by atoms with Gasteiger partial charge < -0.3 is 26.2 Å². The Morgan fingerprint density at radius 3 is 2.36 bits per heavy atom. The summed E-state index contributed by atoms with van der Waals surface area (Å²) in [6.07, 6.45) is 4.14. The Labute approximate surface area is 233 Å². The van der Waals surface area contributed by atoms with Crippen LogP contribution in [0.4, 0.5) is 0 Å². The number of hydrogen-bond acceptors (Lipinski definition) is 5. The van der Waals surface area contributed by atoms with Gasteiger partial charge in [0, 0.05) is 30.1 Å². The van der Waals surface area contributed by atoms with E-state index < -0.39 is 0 Å². The monoisotopic (exact) mass is 529 g/mol. The summed E-state index contributed by atoms with van der Waals surface area (Å²) in [5, 5.41) is 16.7. The molecule has 0 saturated carbocycles. The second kappa shape index (κ2) is 13.7. The first-order valence-corrected chi connectivity index (χ1v) is 14.2. The first-order valence-electron chi connectivity index (χ1n) is 14.2. The number of ether oxygens (including phenoxy) is 1. The highest BCUT2D eigenvalue weighted by molar-refractivity contribution is 5.94. The van der Waals surface area contributed by atoms with E-state index in [0.29, 0.717) is 23.8 Å². The molecule has 3 unspecified atom stereocenters. The molecule has 5 N–H and O–H groups in total. The summed E-state index contributed by atoms with van der Waals surface area (Å²) in [7, 11) is 0. The van der Waals surface area contributed by atoms with Crippen molar-refractivity contribution in [1.82, 2.24) is 10.6 Å². The lowest BCUT2D eigenvalue weighted by Gasteiger charge is -2.38. The van der Waals surface area contributed by atoms with Crippen molar-refractivity contribution in [3.63, 3.8) is 0 Å². The lowest BCUT2D eigenvalue weighted by molar-refractivity contribution is -0.0580. The molecule has 0 radical (unpaired) electrons. The number of nitrogens with one attached hydrogen (secondary N) is 2. The molecule has 2 aliphatic heterocycles. The number of benzene rings is 3. The van der Waals surface area contributed by atoms with Gasteiger partial charge in [-0.3, -0.25) is 4.79 Å². The molecule has 5 rings (SSSR count). The van der Waals surface area contributed by atoms with Gasteiger partial charge in [0.15, 0.2) is 0 Å². The molecule has 208 valence electrons. The van der Waals surface area contributed by atoms with E-state index in [-0.39, 0.29) is 24.2 Å². The average Bonchev–Trinajstić information content (AvgIpc) is 2.99. The molecular formula is C33H43N3O3. The molecule has 39 heavy (non-hydrogen) atoms. The number of amides is 1. The smallest absolute Gasteiger partial charge is 0.251 e. The molecule has 1 saturated heterocycles. The van der Waals surface area contributed by atoms with Gasteiger partial charge in [-0.15, -0.1) is 0 Å². The van der Waals surface area contributed by atoms with E-state index in [0.717, 1.165) is 66.6 Å². The van der Waals surface area contributed by atoms with Gasteiger partial charge in [-0.2, -0.15) is 0 Å². The van der Waals surface area contributed by atoms with Crippen LogP contribution in [0.3, 0.4) is 0 Å². The van der Waals surface area contributed by atoms with Gasteiger partial charge in [-0.25, -0.2) is 0 Å². The fraction of sp³-hybridized carbons (Fsp3) is 0.424. The van der Waals surface area contributed by atoms with Gasteiger partial charge in [-0.1, -0.05) is 61.5 Å². The van der Waals surface area contributed by atoms with Crippen LogP contribution in [0, 0.1) is 12.8 Å². The van der Waals surface area contributed by atoms with E-state index in [1.165, 1.54) is 0 Å². The molecule has 3 aromatic rings. The van der Waals surface area contributed by atoms with Crippen LogP contribution in [0.2, 0.25) is 0 Å². The quantitative estimate of drug-likeness (QED) is 0.337. The molecule has 2 aliphatic rings. The van der Waals surface area contributed by atoms with Crippen LogP contribution >= 0.6 is 0 Å². The van der Waals surface area contributed by atoms with Crippen molar-refractivity contribution >= 4 is 5.91 Å². The zero-order chi connectivity index (χ0) is 27.8. The summed E-state index contributed by atoms with van der Waals surface area (Å²) < 4.78 is 6.23. The lowest BCUT2D eigenvalue weighted by Crippen LogP contribution is -2.40. The molecule has 0 spiro atoms. The zero-order valence-electron chi connectivity index (χ0n) is 23.5. The normalized spacial score (nSPS) is 19.8. The van der Waals surface area contributed by atoms with Crippen LogP contribution in [0.1, 0.15) is 66.3 Å². The maximum atomic E-state index is 12.0. The summed E-state index contributed by atoms with van der Waals surface area (Å²) in [4.78, 5) is 12.0. The van der Waals surface area contributed by atoms with Crippen molar-refractivity contribution in [2.24, 2.45) is 11.7 Å². The number of rotatable bonds is 6. The molecule has 0 aromatic heterocycles. The summed E-state index contributed by atoms with van der Waals surface area (Å²) in [6, 6.07) is 22.1. The van der Waals surface area contributed by atoms with Gasteiger partial charge >= 0.3 is 0 Å². The van der Waals surface area contributed by atoms with E-state index in [1.54, 1.807) is 0 Å². The van der Waals surface area contributed by atoms with Crippen molar-refractivity contribution < 1.29 is 14.6 Å². The number of phenols is 1. The van der Waals surface area contributed by atoms with Crippen LogP contribution in [0.25, 0.3) is 11.1 Å². The maximum absolute atomic E-state index is 12.0. The maximum Gasteiger partial charge on any atom is 0.251 e. The van der Waals surface area contributed by atoms with Crippen LogP contribution in [-0.4, -0.2) is 42.8 Å². The van der Waals surface area contributed by atoms with Crippen molar-refractivity contribution in [3.8, 4) is 16.9 Å². The van der Waals surface area contributed by atoms with E-state index in [1.807, 2.05) is 62.4 Å². The Kier molecular flexibility index (Phi) is 10.2. The highest BCUT2D eigenvalue weighted by Gasteiger charge is 2.34. The van der Waals surface area contributed by atoms with Crippen molar-refractivity contribution in [1.29, 1.82) is 0 Å². The summed E-state index contributed by atoms with van der Waals surface area (Å²) in [6.45, 7) is 8.60. The molecule has 3 aromatic carbocycles. The Hall–Kier alpha value is -3.19. The Bertz CT molecular complexity index is 1210. The van der Waals surface area contributed by atoms with Gasteiger partial charge in [0.1, 0.15) is 5.75 Å². The Morgan fingerprint density at radius 1 is 1.05 bits per heavy atom. The van der Waals surface area contributed by atoms with Crippen LogP contribution < -0.4 is 16.4 Å². The predicted molar refractivity (Wildman–Crippen MR) is 158 cm³/mol. The molecule has 0 aliphatic carbocycles. The number of carbonyl (C=O) groups excluding carboxylic acids is 1. The SMILES string of the molecule is CCC(C)NC(=O)c1ccc(-c2ccccc2)cc1.Cc1ccc2c(c1O)CC(C1CCNCC1)OC2CN. The van der Waals surface area contributed by atoms with Gasteiger partial charge in [-0.05, 0) is 86.5 Å². The zero-order valence-corrected chi connectivity index (χ0v) is 23.5. The third-order valence-electron chi connectivity index (χ3n) is 7.98. The lowest BCUT2D eigenvalue weighted by atomic mass is 9.83. The standard InChI is InChI=1S/C17H19NO.C16H24N2O2/c1-3-13(2)18-17(19)16-11-9-15(10-12-16)14-7-5-4-6-8-14;1-10-2-3-12-13(16(10)19)8-14(20-15(12)9-17)11-4-6-18-7-5-11/h4-13H,3H2,1-2H3,(H,18,19);2-3,11,14-15,18-19H,4-9,17H2,1H3. The van der Waals surface area contributed by atoms with Crippen molar-refractivity contribution in [2.45, 2.75) is 64.7 Å². The third-order valence-corrected chi connectivity index (χ3v) is 7.98. The van der Waals surface area contributed by atoms with Crippen LogP contribution in [0.5, 0.6) is 5.75 Å². The fourth-order valence-corrected chi connectivity index (χ4v) is 5.35. The highest BCUT2D eigenvalue weighted by atomic mass is 16.5. The summed E-state index contributed by atoms with van der Waals surface area (Å²) in [5.41, 5.74) is 11.9. The largest absolute Gasteiger partial charge is 0.507 e. The minimum Gasteiger partial charge on any atom is -0.507 e. The second-order valence-electron chi connectivity index (χ2n) is 10.7. The van der Waals surface area contributed by atoms with Gasteiger partial charge in [0.25, 0.3) is 5.91 Å². The number of aryl methyl sites for hydroxylation is 1. The molecule has 1 fully saturated rings. The van der Waals surface area contributed by atoms with E-state index in [2.05, 4.69) is 35.8 Å². The van der Waals surface area contributed by atoms with E-state index >= 15 is 0 Å². The van der Waals surface area contributed by atoms with Gasteiger partial charge in [0.2, 0.25) is 0 Å². The third kappa shape index (κ3) is 7.27. The fourth-order valence-electron chi connectivity index (χ4n) is 5.35. The molecule has 6 heteroatoms. The predicted octanol–water partition coefficient (Wildman–Crippen LogP) is 5.52. The molecule has 2 heterocycles. The van der Waals surface area contributed by atoms with Crippen molar-refractivity contribution in [2.75, 3.05) is 19.6 Å². The first kappa shape index (κ1) is 28.8. The van der Waals surface area contributed by atoms with E-state index in [9.17, 15) is 9.90 Å². The Balaban J connectivity index is 0.000000181. The molecule has 3 atom stereocenters. The van der Waals surface area contributed by atoms with Crippen LogP contribution in [0.15, 0.2) is 66.7 Å². The Morgan fingerprint density at radius 2 is 1.72 bits per heavy atom. The number of carbonyl (C=O) groups is 1. The summed E-state index contributed by atoms with van der Waals surface area (Å²) in [5.74, 6) is 0.996. The summed E-state index contributed by atoms with van der Waals surface area (Å²) >= 11 is 0. The minimum absolute atomic E-state index is 0.00559. The highest BCUT2D eigenvalue weighted by Crippen LogP contribution is 2.39. The molecular weight excluding hydrogens is 486 g/mol. The molecule has 1 amide bonds. The minimum atomic E-state index is -0.0786. The number of phenolic OH excluding ortho intramolecular Hbond substituents is 1. The first-order chi connectivity index (χ1) is 18.9. The number of fused-ring (bicyclic) bond motifs is 1. The number of aromatic hydroxyl groups is 1. The topological polar surface area (TPSA) is 96.6 Å². The number of hydrogen-bond donors (Lipinski definition) is 4. The molecule has 0 bridgehead atoms. The van der Waals surface area contributed by atoms with Crippen molar-refractivity contribution in [3.05, 3.63) is 89.0 Å². The number of nitrogens with two attached hydrogens (primary N) is 1. The molecule has 6 nitrogen and oxygen atoms in total. The van der Waals surface area contributed by atoms with Crippen LogP contribution in [-0.2, 0) is 11.2 Å². The van der Waals surface area contributed by atoms with E-state index in [4.69, 9.17) is 10.5 Å². The number of piperidine rings is 1.